The fourth-order valence-corrected chi connectivity index (χ4v) is 4.41. The first kappa shape index (κ1) is 24.4. The Morgan fingerprint density at radius 2 is 1.61 bits per heavy atom. The number of anilines is 1. The lowest BCUT2D eigenvalue weighted by Crippen LogP contribution is -2.51. The minimum Gasteiger partial charge on any atom is -0.357 e. The van der Waals surface area contributed by atoms with Crippen LogP contribution in [0.15, 0.2) is 48.5 Å². The Morgan fingerprint density at radius 3 is 2.10 bits per heavy atom. The summed E-state index contributed by atoms with van der Waals surface area (Å²) in [5.41, 5.74) is 3.08. The van der Waals surface area contributed by atoms with Crippen molar-refractivity contribution in [3.05, 3.63) is 65.2 Å². The monoisotopic (exact) mass is 445 g/mol. The molecule has 0 saturated heterocycles. The van der Waals surface area contributed by atoms with Crippen LogP contribution in [0.5, 0.6) is 0 Å². The van der Waals surface area contributed by atoms with Crippen molar-refractivity contribution in [2.45, 2.75) is 39.8 Å². The van der Waals surface area contributed by atoms with E-state index in [9.17, 15) is 18.0 Å². The van der Waals surface area contributed by atoms with Gasteiger partial charge in [-0.15, -0.1) is 0 Å². The number of likely N-dealkylation sites (N-methyl/N-ethyl adjacent to an activating group) is 1. The Labute approximate surface area is 185 Å². The Kier molecular flexibility index (Phi) is 8.21. The summed E-state index contributed by atoms with van der Waals surface area (Å²) < 4.78 is 26.3. The number of hydrogen-bond acceptors (Lipinski definition) is 4. The molecule has 0 aliphatic heterocycles. The SMILES string of the molecule is CCC(C(=O)NC)N(Cc1ccccc1)C(=O)CN(c1cc(C)cc(C)c1)S(C)(=O)=O. The van der Waals surface area contributed by atoms with Crippen LogP contribution >= 0.6 is 0 Å². The van der Waals surface area contributed by atoms with E-state index in [2.05, 4.69) is 5.32 Å². The number of hydrogen-bond donors (Lipinski definition) is 1. The molecular formula is C23H31N3O4S. The molecule has 31 heavy (non-hydrogen) atoms. The highest BCUT2D eigenvalue weighted by molar-refractivity contribution is 7.92. The quantitative estimate of drug-likeness (QED) is 0.643. The maximum absolute atomic E-state index is 13.4. The second-order valence-corrected chi connectivity index (χ2v) is 9.57. The van der Waals surface area contributed by atoms with Gasteiger partial charge >= 0.3 is 0 Å². The molecule has 0 aliphatic rings. The molecule has 168 valence electrons. The van der Waals surface area contributed by atoms with Gasteiger partial charge in [-0.1, -0.05) is 43.3 Å². The van der Waals surface area contributed by atoms with E-state index in [-0.39, 0.29) is 19.0 Å². The van der Waals surface area contributed by atoms with E-state index < -0.39 is 22.0 Å². The summed E-state index contributed by atoms with van der Waals surface area (Å²) in [5.74, 6) is -0.729. The van der Waals surface area contributed by atoms with Crippen molar-refractivity contribution in [3.63, 3.8) is 0 Å². The lowest BCUT2D eigenvalue weighted by atomic mass is 10.1. The van der Waals surface area contributed by atoms with Crippen molar-refractivity contribution >= 4 is 27.5 Å². The maximum Gasteiger partial charge on any atom is 0.244 e. The third kappa shape index (κ3) is 6.55. The van der Waals surface area contributed by atoms with Gasteiger partial charge in [0.15, 0.2) is 0 Å². The van der Waals surface area contributed by atoms with Crippen molar-refractivity contribution in [3.8, 4) is 0 Å². The lowest BCUT2D eigenvalue weighted by Gasteiger charge is -2.32. The number of carbonyl (C=O) groups is 2. The molecule has 8 heteroatoms. The average molecular weight is 446 g/mol. The molecule has 0 heterocycles. The Morgan fingerprint density at radius 1 is 1.03 bits per heavy atom. The van der Waals surface area contributed by atoms with Gasteiger partial charge in [0.1, 0.15) is 12.6 Å². The molecule has 2 aromatic rings. The first-order chi connectivity index (χ1) is 14.6. The Hall–Kier alpha value is -2.87. The van der Waals surface area contributed by atoms with Gasteiger partial charge < -0.3 is 10.2 Å². The van der Waals surface area contributed by atoms with Crippen LogP contribution in [0.4, 0.5) is 5.69 Å². The van der Waals surface area contributed by atoms with Crippen LogP contribution < -0.4 is 9.62 Å². The highest BCUT2D eigenvalue weighted by Crippen LogP contribution is 2.22. The summed E-state index contributed by atoms with van der Waals surface area (Å²) in [7, 11) is -2.20. The predicted molar refractivity (Wildman–Crippen MR) is 123 cm³/mol. The first-order valence-electron chi connectivity index (χ1n) is 10.2. The van der Waals surface area contributed by atoms with E-state index in [1.807, 2.05) is 57.2 Å². The Bertz CT molecular complexity index is 1000. The van der Waals surface area contributed by atoms with Gasteiger partial charge in [0.05, 0.1) is 11.9 Å². The molecule has 0 radical (unpaired) electrons. The zero-order chi connectivity index (χ0) is 23.2. The van der Waals surface area contributed by atoms with Gasteiger partial charge in [-0.25, -0.2) is 8.42 Å². The number of sulfonamides is 1. The van der Waals surface area contributed by atoms with E-state index in [1.54, 1.807) is 12.1 Å². The van der Waals surface area contributed by atoms with E-state index in [4.69, 9.17) is 0 Å². The van der Waals surface area contributed by atoms with Gasteiger partial charge in [0, 0.05) is 13.6 Å². The molecule has 0 spiro atoms. The smallest absolute Gasteiger partial charge is 0.244 e. The zero-order valence-corrected chi connectivity index (χ0v) is 19.6. The number of aryl methyl sites for hydroxylation is 2. The molecular weight excluding hydrogens is 414 g/mol. The van der Waals surface area contributed by atoms with Gasteiger partial charge in [0.2, 0.25) is 21.8 Å². The third-order valence-corrected chi connectivity index (χ3v) is 6.14. The van der Waals surface area contributed by atoms with Crippen molar-refractivity contribution < 1.29 is 18.0 Å². The molecule has 2 rings (SSSR count). The number of amides is 2. The Balaban J connectivity index is 2.44. The van der Waals surface area contributed by atoms with Crippen LogP contribution in [0.25, 0.3) is 0 Å². The van der Waals surface area contributed by atoms with Crippen molar-refractivity contribution in [2.75, 3.05) is 24.2 Å². The molecule has 0 aromatic heterocycles. The minimum absolute atomic E-state index is 0.204. The van der Waals surface area contributed by atoms with Gasteiger partial charge in [-0.2, -0.15) is 0 Å². The van der Waals surface area contributed by atoms with E-state index in [0.717, 1.165) is 27.3 Å². The van der Waals surface area contributed by atoms with Crippen LogP contribution in [-0.4, -0.2) is 51.0 Å². The standard InChI is InChI=1S/C23H31N3O4S/c1-6-21(23(28)24-4)25(15-19-10-8-7-9-11-19)22(27)16-26(31(5,29)30)20-13-17(2)12-18(3)14-20/h7-14,21H,6,15-16H2,1-5H3,(H,24,28). The van der Waals surface area contributed by atoms with E-state index in [0.29, 0.717) is 12.1 Å². The zero-order valence-electron chi connectivity index (χ0n) is 18.8. The lowest BCUT2D eigenvalue weighted by molar-refractivity contribution is -0.140. The topological polar surface area (TPSA) is 86.8 Å². The number of carbonyl (C=O) groups excluding carboxylic acids is 2. The highest BCUT2D eigenvalue weighted by atomic mass is 32.2. The third-order valence-electron chi connectivity index (χ3n) is 5.00. The van der Waals surface area contributed by atoms with Crippen LogP contribution in [-0.2, 0) is 26.2 Å². The molecule has 7 nitrogen and oxygen atoms in total. The molecule has 1 unspecified atom stereocenters. The molecule has 0 saturated carbocycles. The van der Waals surface area contributed by atoms with Crippen molar-refractivity contribution in [2.24, 2.45) is 0 Å². The molecule has 1 atom stereocenters. The normalized spacial score (nSPS) is 12.2. The van der Waals surface area contributed by atoms with Crippen LogP contribution in [0, 0.1) is 13.8 Å². The number of benzene rings is 2. The number of nitrogens with one attached hydrogen (secondary N) is 1. The molecule has 2 amide bonds. The average Bonchev–Trinajstić information content (AvgIpc) is 2.70. The summed E-state index contributed by atoms with van der Waals surface area (Å²) in [6.07, 6.45) is 1.48. The summed E-state index contributed by atoms with van der Waals surface area (Å²) in [4.78, 5) is 27.3. The number of nitrogens with zero attached hydrogens (tertiary/aromatic N) is 2. The second kappa shape index (κ2) is 10.4. The van der Waals surface area contributed by atoms with Crippen LogP contribution in [0.3, 0.4) is 0 Å². The van der Waals surface area contributed by atoms with Crippen molar-refractivity contribution in [1.29, 1.82) is 0 Å². The second-order valence-electron chi connectivity index (χ2n) is 7.66. The summed E-state index contributed by atoms with van der Waals surface area (Å²) >= 11 is 0. The molecule has 1 N–H and O–H groups in total. The predicted octanol–water partition coefficient (Wildman–Crippen LogP) is 2.62. The largest absolute Gasteiger partial charge is 0.357 e. The molecule has 0 bridgehead atoms. The van der Waals surface area contributed by atoms with E-state index >= 15 is 0 Å². The highest BCUT2D eigenvalue weighted by Gasteiger charge is 2.31. The first-order valence-corrected chi connectivity index (χ1v) is 12.0. The summed E-state index contributed by atoms with van der Waals surface area (Å²) in [6, 6.07) is 14.0. The molecule has 2 aromatic carbocycles. The fourth-order valence-electron chi connectivity index (χ4n) is 3.57. The maximum atomic E-state index is 13.4. The van der Waals surface area contributed by atoms with E-state index in [1.165, 1.54) is 11.9 Å². The minimum atomic E-state index is -3.73. The van der Waals surface area contributed by atoms with Gasteiger partial charge in [-0.05, 0) is 49.1 Å². The van der Waals surface area contributed by atoms with Crippen molar-refractivity contribution in [1.82, 2.24) is 10.2 Å². The summed E-state index contributed by atoms with van der Waals surface area (Å²) in [6.45, 7) is 5.39. The summed E-state index contributed by atoms with van der Waals surface area (Å²) in [5, 5.41) is 2.60. The van der Waals surface area contributed by atoms with Gasteiger partial charge in [0.25, 0.3) is 0 Å². The number of rotatable bonds is 9. The van der Waals surface area contributed by atoms with Crippen LogP contribution in [0.1, 0.15) is 30.0 Å². The molecule has 0 aliphatic carbocycles. The van der Waals surface area contributed by atoms with Crippen LogP contribution in [0.2, 0.25) is 0 Å². The van der Waals surface area contributed by atoms with Gasteiger partial charge in [-0.3, -0.25) is 13.9 Å². The molecule has 0 fully saturated rings. The fraction of sp³-hybridized carbons (Fsp3) is 0.391.